The number of aliphatic hydroxyl groups excluding tert-OH is 2. The number of carbonyl (C=O) groups excluding carboxylic acids is 8. The maximum absolute atomic E-state index is 14.0. The summed E-state index contributed by atoms with van der Waals surface area (Å²) in [6.07, 6.45) is -7.29. The van der Waals surface area contributed by atoms with Crippen molar-refractivity contribution in [2.75, 3.05) is 19.9 Å². The number of amides is 5. The quantitative estimate of drug-likeness (QED) is 0.0647. The molecule has 1 saturated heterocycles. The predicted molar refractivity (Wildman–Crippen MR) is 249 cm³/mol. The van der Waals surface area contributed by atoms with Gasteiger partial charge in [-0.15, -0.1) is 0 Å². The van der Waals surface area contributed by atoms with E-state index >= 15 is 0 Å². The molecule has 0 aromatic heterocycles. The summed E-state index contributed by atoms with van der Waals surface area (Å²) in [7, 11) is -3.39. The van der Waals surface area contributed by atoms with Gasteiger partial charge in [0, 0.05) is 36.0 Å². The van der Waals surface area contributed by atoms with Crippen LogP contribution in [0.15, 0.2) is 24.3 Å². The molecule has 390 valence electrons. The number of rotatable bonds is 20. The summed E-state index contributed by atoms with van der Waals surface area (Å²) < 4.78 is 28.9. The van der Waals surface area contributed by atoms with Gasteiger partial charge >= 0.3 is 7.60 Å². The van der Waals surface area contributed by atoms with E-state index in [1.165, 1.54) is 52.1 Å². The second-order valence-corrected chi connectivity index (χ2v) is 20.9. The Morgan fingerprint density at radius 1 is 0.845 bits per heavy atom. The van der Waals surface area contributed by atoms with Gasteiger partial charge in [0.25, 0.3) is 0 Å². The third kappa shape index (κ3) is 13.3. The van der Waals surface area contributed by atoms with Crippen LogP contribution in [-0.2, 0) is 49.2 Å². The number of nitrogens with one attached hydrogen (secondary N) is 5. The molecule has 0 bridgehead atoms. The van der Waals surface area contributed by atoms with Gasteiger partial charge in [-0.05, 0) is 63.1 Å². The Labute approximate surface area is 409 Å². The highest BCUT2D eigenvalue weighted by Crippen LogP contribution is 2.48. The average molecular weight is 1020 g/mol. The number of aliphatic hydroxyl groups is 3. The second-order valence-electron chi connectivity index (χ2n) is 19.2. The largest absolute Gasteiger partial charge is 0.507 e. The van der Waals surface area contributed by atoms with Gasteiger partial charge in [0.1, 0.15) is 60.1 Å². The fourth-order valence-corrected chi connectivity index (χ4v) is 9.40. The third-order valence-corrected chi connectivity index (χ3v) is 13.2. The number of carbonyl (C=O) groups is 8. The number of ether oxygens (including phenoxy) is 3. The van der Waals surface area contributed by atoms with Crippen LogP contribution in [0.25, 0.3) is 0 Å². The molecule has 0 spiro atoms. The van der Waals surface area contributed by atoms with Crippen LogP contribution in [0.1, 0.15) is 123 Å². The molecule has 10 unspecified atom stereocenters. The molecule has 23 nitrogen and oxygen atoms in total. The lowest BCUT2D eigenvalue weighted by atomic mass is 9.72. The third-order valence-electron chi connectivity index (χ3n) is 12.5. The monoisotopic (exact) mass is 1020 g/mol. The highest BCUT2D eigenvalue weighted by atomic mass is 31.2. The molecule has 71 heavy (non-hydrogen) atoms. The normalized spacial score (nSPS) is 23.5. The van der Waals surface area contributed by atoms with Crippen molar-refractivity contribution >= 4 is 54.5 Å². The average Bonchev–Trinajstić information content (AvgIpc) is 3.27. The first-order chi connectivity index (χ1) is 33.1. The number of aromatic hydroxyl groups is 1. The first-order valence-electron chi connectivity index (χ1n) is 23.2. The van der Waals surface area contributed by atoms with Crippen LogP contribution in [0.5, 0.6) is 11.5 Å². The van der Waals surface area contributed by atoms with E-state index in [0.29, 0.717) is 0 Å². The minimum atomic E-state index is -4.71. The van der Waals surface area contributed by atoms with Crippen molar-refractivity contribution in [3.05, 3.63) is 57.6 Å². The van der Waals surface area contributed by atoms with Gasteiger partial charge in [0.05, 0.1) is 36.5 Å². The van der Waals surface area contributed by atoms with Gasteiger partial charge < -0.3 is 71.0 Å². The van der Waals surface area contributed by atoms with Crippen molar-refractivity contribution in [3.8, 4) is 11.5 Å². The molecule has 1 heterocycles. The van der Waals surface area contributed by atoms with E-state index in [1.807, 2.05) is 0 Å². The van der Waals surface area contributed by atoms with Crippen LogP contribution < -0.4 is 31.3 Å². The van der Waals surface area contributed by atoms with Gasteiger partial charge in [-0.2, -0.15) is 0 Å². The van der Waals surface area contributed by atoms with Crippen molar-refractivity contribution in [1.29, 1.82) is 0 Å². The predicted octanol–water partition coefficient (Wildman–Crippen LogP) is -0.298. The Bertz CT molecular complexity index is 2480. The molecule has 0 radical (unpaired) electrons. The summed E-state index contributed by atoms with van der Waals surface area (Å²) in [4.78, 5) is 125. The first-order valence-corrected chi connectivity index (χ1v) is 24.9. The molecule has 5 rings (SSSR count). The standard InChI is InChI=1S/C47H64N5O18P/c1-20(2)12-30(51-43(60)22(5)48-35(55)19-71(65,66)67)45(62)49-23(6)44(61)52-31(13-21(3)4)46(63)50-29-15-36(69-24(7)39(29)56)70-33-17-47(64,34(54)18-53)16-28-26(33)14-27-38(42(28)59)40(57)25-10-9-11-32(68-8)37(25)41(27)58/h9-11,14,20-24,29-31,33,36,39,53,56,59,64H,12-13,15-19H2,1-8H3,(H,48,55)(H,49,62)(H,50,63)(H,51,60)(H,52,61)(H2,65,66,67). The van der Waals surface area contributed by atoms with Crippen molar-refractivity contribution in [2.24, 2.45) is 11.8 Å². The lowest BCUT2D eigenvalue weighted by Crippen LogP contribution is -2.60. The van der Waals surface area contributed by atoms with Crippen molar-refractivity contribution in [3.63, 3.8) is 0 Å². The SMILES string of the molecule is COc1cccc2c1C(=O)c1cc3c(c(O)c1C2=O)CC(O)(C(=O)CO)CC3OC1CC(NC(=O)C(CC(C)C)NC(=O)C(C)NC(=O)C(CC(C)C)NC(=O)C(C)NC(=O)CP(=O)(O)O)C(O)C(C)O1. The van der Waals surface area contributed by atoms with Crippen molar-refractivity contribution in [2.45, 2.75) is 141 Å². The summed E-state index contributed by atoms with van der Waals surface area (Å²) in [5.41, 5.74) is -2.92. The zero-order valence-electron chi connectivity index (χ0n) is 40.6. The second kappa shape index (κ2) is 22.8. The Kier molecular flexibility index (Phi) is 18.1. The number of hydrogen-bond donors (Lipinski definition) is 11. The molecule has 2 aromatic carbocycles. The minimum absolute atomic E-state index is 0.0340. The maximum atomic E-state index is 14.0. The molecule has 5 amide bonds. The lowest BCUT2D eigenvalue weighted by Gasteiger charge is -2.43. The van der Waals surface area contributed by atoms with Crippen LogP contribution >= 0.6 is 7.60 Å². The molecule has 10 atom stereocenters. The molecular weight excluding hydrogens is 954 g/mol. The van der Waals surface area contributed by atoms with Crippen LogP contribution in [0.2, 0.25) is 0 Å². The Hall–Kier alpha value is -5.65. The molecule has 2 aromatic rings. The minimum Gasteiger partial charge on any atom is -0.507 e. The summed E-state index contributed by atoms with van der Waals surface area (Å²) in [5, 5.41) is 57.1. The molecule has 24 heteroatoms. The summed E-state index contributed by atoms with van der Waals surface area (Å²) in [6.45, 7) is 10.1. The van der Waals surface area contributed by atoms with Gasteiger partial charge in [-0.3, -0.25) is 42.9 Å². The van der Waals surface area contributed by atoms with Gasteiger partial charge in [0.15, 0.2) is 23.6 Å². The Morgan fingerprint density at radius 2 is 1.42 bits per heavy atom. The van der Waals surface area contributed by atoms with Crippen molar-refractivity contribution < 1.29 is 87.3 Å². The first kappa shape index (κ1) is 56.3. The van der Waals surface area contributed by atoms with E-state index in [0.717, 1.165) is 0 Å². The smallest absolute Gasteiger partial charge is 0.334 e. The number of Topliss-reactive ketones (excluding diaryl/α,β-unsaturated/α-hetero) is 1. The zero-order valence-corrected chi connectivity index (χ0v) is 41.5. The van der Waals surface area contributed by atoms with Gasteiger partial charge in [-0.1, -0.05) is 39.8 Å². The van der Waals surface area contributed by atoms with E-state index < -0.39 is 146 Å². The Morgan fingerprint density at radius 3 is 1.99 bits per heavy atom. The number of hydrogen-bond acceptors (Lipinski definition) is 16. The van der Waals surface area contributed by atoms with Crippen LogP contribution in [-0.4, -0.2) is 151 Å². The Balaban J connectivity index is 1.32. The summed E-state index contributed by atoms with van der Waals surface area (Å²) >= 11 is 0. The number of methoxy groups -OCH3 is 1. The zero-order chi connectivity index (χ0) is 53.0. The van der Waals surface area contributed by atoms with Crippen LogP contribution in [0.4, 0.5) is 0 Å². The fourth-order valence-electron chi connectivity index (χ4n) is 8.93. The highest BCUT2D eigenvalue weighted by molar-refractivity contribution is 7.52. The van der Waals surface area contributed by atoms with E-state index in [4.69, 9.17) is 24.0 Å². The number of phenols is 1. The van der Waals surface area contributed by atoms with E-state index in [-0.39, 0.29) is 70.2 Å². The molecule has 2 aliphatic carbocycles. The number of benzene rings is 2. The molecule has 1 aliphatic heterocycles. The van der Waals surface area contributed by atoms with Crippen LogP contribution in [0.3, 0.4) is 0 Å². The fraction of sp³-hybridized carbons (Fsp3) is 0.574. The highest BCUT2D eigenvalue weighted by Gasteiger charge is 2.49. The molecular formula is C47H64N5O18P. The lowest BCUT2D eigenvalue weighted by molar-refractivity contribution is -0.249. The molecule has 3 aliphatic rings. The van der Waals surface area contributed by atoms with Crippen molar-refractivity contribution in [1.82, 2.24) is 26.6 Å². The molecule has 1 fully saturated rings. The number of phenolic OH excluding ortho intramolecular Hbond substituents is 1. The van der Waals surface area contributed by atoms with Gasteiger partial charge in [0.2, 0.25) is 29.5 Å². The van der Waals surface area contributed by atoms with E-state index in [9.17, 15) is 63.3 Å². The van der Waals surface area contributed by atoms with Gasteiger partial charge in [-0.25, -0.2) is 0 Å². The summed E-state index contributed by atoms with van der Waals surface area (Å²) in [6, 6.07) is -0.364. The summed E-state index contributed by atoms with van der Waals surface area (Å²) in [5.74, 6) is -7.49. The number of ketones is 3. The van der Waals surface area contributed by atoms with E-state index in [1.54, 1.807) is 27.7 Å². The topological polar surface area (TPSA) is 363 Å². The van der Waals surface area contributed by atoms with E-state index in [2.05, 4.69) is 26.6 Å². The number of fused-ring (bicyclic) bond motifs is 3. The maximum Gasteiger partial charge on any atom is 0.334 e. The molecule has 11 N–H and O–H groups in total. The van der Waals surface area contributed by atoms with Crippen LogP contribution in [0, 0.1) is 11.8 Å². The molecule has 0 saturated carbocycles.